The van der Waals surface area contributed by atoms with E-state index in [1.807, 2.05) is 31.2 Å². The maximum atomic E-state index is 12.9. The van der Waals surface area contributed by atoms with Crippen molar-refractivity contribution in [1.29, 1.82) is 0 Å². The van der Waals surface area contributed by atoms with Crippen LogP contribution >= 0.6 is 0 Å². The van der Waals surface area contributed by atoms with Crippen molar-refractivity contribution in [2.75, 3.05) is 6.54 Å². The number of halogens is 1. The van der Waals surface area contributed by atoms with Crippen LogP contribution in [0.15, 0.2) is 42.5 Å². The van der Waals surface area contributed by atoms with Gasteiger partial charge in [0.25, 0.3) is 5.91 Å². The van der Waals surface area contributed by atoms with E-state index in [4.69, 9.17) is 0 Å². The van der Waals surface area contributed by atoms with Crippen LogP contribution in [0.4, 0.5) is 4.39 Å². The molecule has 3 nitrogen and oxygen atoms in total. The summed E-state index contributed by atoms with van der Waals surface area (Å²) in [6.07, 6.45) is 0.744. The van der Waals surface area contributed by atoms with E-state index < -0.39 is 5.95 Å². The van der Waals surface area contributed by atoms with E-state index in [9.17, 15) is 9.18 Å². The van der Waals surface area contributed by atoms with Crippen LogP contribution < -0.4 is 5.32 Å². The Morgan fingerprint density at radius 2 is 2.00 bits per heavy atom. The highest BCUT2D eigenvalue weighted by atomic mass is 19.1. The number of hydrogen-bond acceptors (Lipinski definition) is 2. The molecule has 0 aliphatic heterocycles. The molecule has 0 aliphatic rings. The minimum atomic E-state index is -0.647. The number of aromatic nitrogens is 1. The zero-order valence-electron chi connectivity index (χ0n) is 10.7. The molecule has 2 rings (SSSR count). The van der Waals surface area contributed by atoms with Gasteiger partial charge in [0, 0.05) is 6.54 Å². The lowest BCUT2D eigenvalue weighted by atomic mass is 10.1. The maximum Gasteiger partial charge on any atom is 0.270 e. The third kappa shape index (κ3) is 3.61. The van der Waals surface area contributed by atoms with Crippen LogP contribution in [-0.4, -0.2) is 17.4 Å². The van der Waals surface area contributed by atoms with Crippen LogP contribution in [0.2, 0.25) is 0 Å². The molecule has 0 spiro atoms. The number of hydrogen-bond donors (Lipinski definition) is 1. The summed E-state index contributed by atoms with van der Waals surface area (Å²) in [4.78, 5) is 15.3. The molecule has 1 N–H and O–H groups in total. The molecule has 0 fully saturated rings. The average Bonchev–Trinajstić information content (AvgIpc) is 2.41. The number of pyridine rings is 1. The van der Waals surface area contributed by atoms with Crippen molar-refractivity contribution in [3.8, 4) is 0 Å². The van der Waals surface area contributed by atoms with Crippen molar-refractivity contribution in [3.05, 3.63) is 65.2 Å². The Morgan fingerprint density at radius 3 is 2.74 bits per heavy atom. The standard InChI is InChI=1S/C15H15FN2O/c1-11-5-2-3-6-12(11)9-10-17-15(19)13-7-4-8-14(16)18-13/h2-8H,9-10H2,1H3,(H,17,19). The van der Waals surface area contributed by atoms with E-state index in [-0.39, 0.29) is 11.6 Å². The maximum absolute atomic E-state index is 12.9. The lowest BCUT2D eigenvalue weighted by molar-refractivity contribution is 0.0948. The average molecular weight is 258 g/mol. The van der Waals surface area contributed by atoms with Gasteiger partial charge in [-0.05, 0) is 36.6 Å². The number of carbonyl (C=O) groups excluding carboxylic acids is 1. The highest BCUT2D eigenvalue weighted by Crippen LogP contribution is 2.07. The smallest absolute Gasteiger partial charge is 0.270 e. The zero-order valence-corrected chi connectivity index (χ0v) is 10.7. The molecule has 98 valence electrons. The van der Waals surface area contributed by atoms with Gasteiger partial charge in [-0.1, -0.05) is 30.3 Å². The molecule has 4 heteroatoms. The monoisotopic (exact) mass is 258 g/mol. The predicted octanol–water partition coefficient (Wildman–Crippen LogP) is 2.50. The van der Waals surface area contributed by atoms with E-state index >= 15 is 0 Å². The minimum absolute atomic E-state index is 0.102. The van der Waals surface area contributed by atoms with Gasteiger partial charge in [-0.15, -0.1) is 0 Å². The summed E-state index contributed by atoms with van der Waals surface area (Å²) in [5.41, 5.74) is 2.49. The summed E-state index contributed by atoms with van der Waals surface area (Å²) in [5, 5.41) is 2.73. The van der Waals surface area contributed by atoms with Crippen LogP contribution in [-0.2, 0) is 6.42 Å². The highest BCUT2D eigenvalue weighted by Gasteiger charge is 2.07. The Balaban J connectivity index is 1.90. The number of nitrogens with zero attached hydrogens (tertiary/aromatic N) is 1. The van der Waals surface area contributed by atoms with Gasteiger partial charge in [0.1, 0.15) is 5.69 Å². The molecule has 0 saturated carbocycles. The third-order valence-electron chi connectivity index (χ3n) is 2.89. The molecule has 0 atom stereocenters. The molecule has 0 aliphatic carbocycles. The Labute approximate surface area is 111 Å². The van der Waals surface area contributed by atoms with Crippen LogP contribution in [0.5, 0.6) is 0 Å². The first-order valence-electron chi connectivity index (χ1n) is 6.12. The number of carbonyl (C=O) groups is 1. The quantitative estimate of drug-likeness (QED) is 0.856. The van der Waals surface area contributed by atoms with Crippen LogP contribution in [0.25, 0.3) is 0 Å². The molecule has 0 radical (unpaired) electrons. The lowest BCUT2D eigenvalue weighted by Crippen LogP contribution is -2.26. The second-order valence-electron chi connectivity index (χ2n) is 4.28. The van der Waals surface area contributed by atoms with E-state index in [0.29, 0.717) is 6.54 Å². The molecule has 0 saturated heterocycles. The van der Waals surface area contributed by atoms with Gasteiger partial charge in [0.2, 0.25) is 5.95 Å². The molecule has 1 aromatic heterocycles. The highest BCUT2D eigenvalue weighted by molar-refractivity contribution is 5.92. The first-order valence-corrected chi connectivity index (χ1v) is 6.12. The van der Waals surface area contributed by atoms with E-state index in [2.05, 4.69) is 10.3 Å². The SMILES string of the molecule is Cc1ccccc1CCNC(=O)c1cccc(F)n1. The summed E-state index contributed by atoms with van der Waals surface area (Å²) in [6, 6.07) is 12.2. The predicted molar refractivity (Wildman–Crippen MR) is 71.4 cm³/mol. The summed E-state index contributed by atoms with van der Waals surface area (Å²) in [6.45, 7) is 2.53. The normalized spacial score (nSPS) is 10.2. The Bertz CT molecular complexity index is 584. The summed E-state index contributed by atoms with van der Waals surface area (Å²) in [5.74, 6) is -1.00. The van der Waals surface area contributed by atoms with Gasteiger partial charge in [0.05, 0.1) is 0 Å². The van der Waals surface area contributed by atoms with Crippen LogP contribution in [0.1, 0.15) is 21.6 Å². The summed E-state index contributed by atoms with van der Waals surface area (Å²) in [7, 11) is 0. The Kier molecular flexibility index (Phi) is 4.23. The van der Waals surface area contributed by atoms with Gasteiger partial charge >= 0.3 is 0 Å². The van der Waals surface area contributed by atoms with Gasteiger partial charge in [-0.3, -0.25) is 4.79 Å². The first kappa shape index (κ1) is 13.2. The molecule has 19 heavy (non-hydrogen) atoms. The molecule has 1 aromatic carbocycles. The van der Waals surface area contributed by atoms with Crippen molar-refractivity contribution in [2.24, 2.45) is 0 Å². The first-order chi connectivity index (χ1) is 9.16. The number of rotatable bonds is 4. The van der Waals surface area contributed by atoms with E-state index in [1.54, 1.807) is 0 Å². The van der Waals surface area contributed by atoms with E-state index in [1.165, 1.54) is 29.3 Å². The van der Waals surface area contributed by atoms with Gasteiger partial charge in [-0.2, -0.15) is 4.39 Å². The fourth-order valence-corrected chi connectivity index (χ4v) is 1.83. The van der Waals surface area contributed by atoms with Crippen LogP contribution in [0.3, 0.4) is 0 Å². The number of amides is 1. The van der Waals surface area contributed by atoms with E-state index in [0.717, 1.165) is 6.42 Å². The van der Waals surface area contributed by atoms with Crippen molar-refractivity contribution in [3.63, 3.8) is 0 Å². The van der Waals surface area contributed by atoms with Crippen molar-refractivity contribution in [2.45, 2.75) is 13.3 Å². The molecular formula is C15H15FN2O. The molecule has 2 aromatic rings. The summed E-state index contributed by atoms with van der Waals surface area (Å²) >= 11 is 0. The molecule has 0 unspecified atom stereocenters. The summed E-state index contributed by atoms with van der Waals surface area (Å²) < 4.78 is 12.9. The molecule has 0 bridgehead atoms. The van der Waals surface area contributed by atoms with Gasteiger partial charge in [-0.25, -0.2) is 4.98 Å². The van der Waals surface area contributed by atoms with Crippen molar-refractivity contribution < 1.29 is 9.18 Å². The number of benzene rings is 1. The minimum Gasteiger partial charge on any atom is -0.350 e. The zero-order chi connectivity index (χ0) is 13.7. The fraction of sp³-hybridized carbons (Fsp3) is 0.200. The lowest BCUT2D eigenvalue weighted by Gasteiger charge is -2.07. The third-order valence-corrected chi connectivity index (χ3v) is 2.89. The molecule has 1 heterocycles. The Morgan fingerprint density at radius 1 is 1.21 bits per heavy atom. The molecular weight excluding hydrogens is 243 g/mol. The fourth-order valence-electron chi connectivity index (χ4n) is 1.83. The second-order valence-corrected chi connectivity index (χ2v) is 4.28. The van der Waals surface area contributed by atoms with Gasteiger partial charge < -0.3 is 5.32 Å². The van der Waals surface area contributed by atoms with Gasteiger partial charge in [0.15, 0.2) is 0 Å². The number of aryl methyl sites for hydroxylation is 1. The van der Waals surface area contributed by atoms with Crippen molar-refractivity contribution >= 4 is 5.91 Å². The second kappa shape index (κ2) is 6.09. The topological polar surface area (TPSA) is 42.0 Å². The largest absolute Gasteiger partial charge is 0.350 e. The molecule has 1 amide bonds. The van der Waals surface area contributed by atoms with Crippen LogP contribution in [0, 0.1) is 12.9 Å². The Hall–Kier alpha value is -2.23. The number of nitrogens with one attached hydrogen (secondary N) is 1. The van der Waals surface area contributed by atoms with Crippen molar-refractivity contribution in [1.82, 2.24) is 10.3 Å².